The molecule has 0 aliphatic rings. The van der Waals surface area contributed by atoms with Crippen LogP contribution in [-0.4, -0.2) is 32.2 Å². The number of aryl methyl sites for hydroxylation is 1. The van der Waals surface area contributed by atoms with Crippen LogP contribution in [0.3, 0.4) is 0 Å². The summed E-state index contributed by atoms with van der Waals surface area (Å²) in [7, 11) is 1.80. The zero-order chi connectivity index (χ0) is 15.5. The lowest BCUT2D eigenvalue weighted by Crippen LogP contribution is -2.42. The van der Waals surface area contributed by atoms with Gasteiger partial charge in [0.1, 0.15) is 5.75 Å². The van der Waals surface area contributed by atoms with Gasteiger partial charge >= 0.3 is 0 Å². The molecule has 0 spiro atoms. The molecule has 4 nitrogen and oxygen atoms in total. The summed E-state index contributed by atoms with van der Waals surface area (Å²) in [6, 6.07) is 8.63. The Labute approximate surface area is 129 Å². The summed E-state index contributed by atoms with van der Waals surface area (Å²) in [6.45, 7) is 8.06. The zero-order valence-electron chi connectivity index (χ0n) is 13.8. The highest BCUT2D eigenvalue weighted by Crippen LogP contribution is 2.11. The van der Waals surface area contributed by atoms with E-state index in [0.29, 0.717) is 6.04 Å². The van der Waals surface area contributed by atoms with E-state index < -0.39 is 0 Å². The Bertz CT molecular complexity index is 415. The molecule has 4 heteroatoms. The molecular formula is C17H29N3O. The SMILES string of the molecule is CCC(C)NC(=NC)NCCCCOc1ccc(C)cc1. The van der Waals surface area contributed by atoms with Crippen LogP contribution in [0.4, 0.5) is 0 Å². The normalized spacial score (nSPS) is 12.9. The van der Waals surface area contributed by atoms with Gasteiger partial charge in [-0.05, 0) is 45.2 Å². The quantitative estimate of drug-likeness (QED) is 0.439. The van der Waals surface area contributed by atoms with Crippen molar-refractivity contribution in [3.8, 4) is 5.75 Å². The number of benzene rings is 1. The molecule has 0 radical (unpaired) electrons. The third-order valence-corrected chi connectivity index (χ3v) is 3.37. The average molecular weight is 291 g/mol. The van der Waals surface area contributed by atoms with Gasteiger partial charge in [-0.15, -0.1) is 0 Å². The van der Waals surface area contributed by atoms with Crippen LogP contribution in [0.25, 0.3) is 0 Å². The molecule has 1 atom stereocenters. The van der Waals surface area contributed by atoms with Gasteiger partial charge in [-0.2, -0.15) is 0 Å². The molecule has 0 aliphatic heterocycles. The lowest BCUT2D eigenvalue weighted by Gasteiger charge is -2.16. The summed E-state index contributed by atoms with van der Waals surface area (Å²) in [6.07, 6.45) is 3.18. The van der Waals surface area contributed by atoms with Crippen LogP contribution in [0.15, 0.2) is 29.3 Å². The molecule has 1 aromatic rings. The standard InChI is InChI=1S/C17H29N3O/c1-5-15(3)20-17(18-4)19-12-6-7-13-21-16-10-8-14(2)9-11-16/h8-11,15H,5-7,12-13H2,1-4H3,(H2,18,19,20). The van der Waals surface area contributed by atoms with Crippen molar-refractivity contribution in [2.75, 3.05) is 20.2 Å². The van der Waals surface area contributed by atoms with Crippen molar-refractivity contribution >= 4 is 5.96 Å². The van der Waals surface area contributed by atoms with E-state index in [-0.39, 0.29) is 0 Å². The van der Waals surface area contributed by atoms with E-state index in [1.165, 1.54) is 5.56 Å². The number of ether oxygens (including phenoxy) is 1. The van der Waals surface area contributed by atoms with Crippen molar-refractivity contribution in [2.24, 2.45) is 4.99 Å². The lowest BCUT2D eigenvalue weighted by molar-refractivity contribution is 0.307. The van der Waals surface area contributed by atoms with E-state index in [9.17, 15) is 0 Å². The van der Waals surface area contributed by atoms with Crippen LogP contribution in [0.5, 0.6) is 5.75 Å². The average Bonchev–Trinajstić information content (AvgIpc) is 2.50. The van der Waals surface area contributed by atoms with Crippen LogP contribution in [0.1, 0.15) is 38.7 Å². The summed E-state index contributed by atoms with van der Waals surface area (Å²) >= 11 is 0. The molecule has 21 heavy (non-hydrogen) atoms. The van der Waals surface area contributed by atoms with E-state index in [1.807, 2.05) is 12.1 Å². The van der Waals surface area contributed by atoms with Crippen molar-refractivity contribution in [3.05, 3.63) is 29.8 Å². The van der Waals surface area contributed by atoms with Crippen molar-refractivity contribution in [1.82, 2.24) is 10.6 Å². The minimum Gasteiger partial charge on any atom is -0.494 e. The fourth-order valence-corrected chi connectivity index (χ4v) is 1.79. The van der Waals surface area contributed by atoms with Crippen LogP contribution < -0.4 is 15.4 Å². The van der Waals surface area contributed by atoms with Crippen molar-refractivity contribution in [1.29, 1.82) is 0 Å². The van der Waals surface area contributed by atoms with Gasteiger partial charge in [0.25, 0.3) is 0 Å². The van der Waals surface area contributed by atoms with Gasteiger partial charge in [0.2, 0.25) is 0 Å². The second-order valence-corrected chi connectivity index (χ2v) is 5.32. The number of unbranched alkanes of at least 4 members (excludes halogenated alkanes) is 1. The first-order chi connectivity index (χ1) is 10.2. The van der Waals surface area contributed by atoms with Crippen molar-refractivity contribution in [2.45, 2.75) is 46.1 Å². The van der Waals surface area contributed by atoms with Crippen LogP contribution in [-0.2, 0) is 0 Å². The number of nitrogens with one attached hydrogen (secondary N) is 2. The summed E-state index contributed by atoms with van der Waals surface area (Å²) in [5, 5.41) is 6.67. The van der Waals surface area contributed by atoms with Crippen LogP contribution in [0, 0.1) is 6.92 Å². The van der Waals surface area contributed by atoms with E-state index >= 15 is 0 Å². The molecule has 1 aromatic carbocycles. The first-order valence-corrected chi connectivity index (χ1v) is 7.82. The number of hydrogen-bond acceptors (Lipinski definition) is 2. The van der Waals surface area contributed by atoms with E-state index in [2.05, 4.69) is 48.5 Å². The maximum absolute atomic E-state index is 5.70. The second-order valence-electron chi connectivity index (χ2n) is 5.32. The van der Waals surface area contributed by atoms with Gasteiger partial charge in [0, 0.05) is 19.6 Å². The molecule has 0 aromatic heterocycles. The topological polar surface area (TPSA) is 45.7 Å². The van der Waals surface area contributed by atoms with Crippen LogP contribution in [0.2, 0.25) is 0 Å². The predicted molar refractivity (Wildman–Crippen MR) is 90.2 cm³/mol. The summed E-state index contributed by atoms with van der Waals surface area (Å²) in [4.78, 5) is 4.21. The molecule has 0 heterocycles. The molecule has 118 valence electrons. The highest BCUT2D eigenvalue weighted by molar-refractivity contribution is 5.79. The highest BCUT2D eigenvalue weighted by atomic mass is 16.5. The largest absolute Gasteiger partial charge is 0.494 e. The second kappa shape index (κ2) is 10.1. The summed E-state index contributed by atoms with van der Waals surface area (Å²) in [5.74, 6) is 1.83. The third-order valence-electron chi connectivity index (χ3n) is 3.37. The Hall–Kier alpha value is -1.71. The number of aliphatic imine (C=N–C) groups is 1. The van der Waals surface area contributed by atoms with Gasteiger partial charge in [0.05, 0.1) is 6.61 Å². The molecule has 0 saturated heterocycles. The molecule has 2 N–H and O–H groups in total. The number of hydrogen-bond donors (Lipinski definition) is 2. The van der Waals surface area contributed by atoms with Gasteiger partial charge in [0.15, 0.2) is 5.96 Å². The number of nitrogens with zero attached hydrogens (tertiary/aromatic N) is 1. The molecular weight excluding hydrogens is 262 g/mol. The molecule has 0 saturated carbocycles. The van der Waals surface area contributed by atoms with E-state index in [1.54, 1.807) is 7.05 Å². The number of rotatable bonds is 8. The first-order valence-electron chi connectivity index (χ1n) is 7.82. The van der Waals surface area contributed by atoms with E-state index in [0.717, 1.165) is 44.1 Å². The summed E-state index contributed by atoms with van der Waals surface area (Å²) in [5.41, 5.74) is 1.26. The molecule has 0 bridgehead atoms. The van der Waals surface area contributed by atoms with Crippen LogP contribution >= 0.6 is 0 Å². The predicted octanol–water partition coefficient (Wildman–Crippen LogP) is 3.12. The Morgan fingerprint density at radius 1 is 1.24 bits per heavy atom. The summed E-state index contributed by atoms with van der Waals surface area (Å²) < 4.78 is 5.70. The molecule has 0 fully saturated rings. The minimum atomic E-state index is 0.445. The molecule has 1 rings (SSSR count). The van der Waals surface area contributed by atoms with Crippen molar-refractivity contribution < 1.29 is 4.74 Å². The Kier molecular flexibility index (Phi) is 8.32. The van der Waals surface area contributed by atoms with E-state index in [4.69, 9.17) is 4.74 Å². The fourth-order valence-electron chi connectivity index (χ4n) is 1.79. The van der Waals surface area contributed by atoms with Gasteiger partial charge in [-0.25, -0.2) is 0 Å². The molecule has 0 aliphatic carbocycles. The van der Waals surface area contributed by atoms with Gasteiger partial charge in [-0.3, -0.25) is 4.99 Å². The molecule has 0 amide bonds. The minimum absolute atomic E-state index is 0.445. The maximum atomic E-state index is 5.70. The number of guanidine groups is 1. The monoisotopic (exact) mass is 291 g/mol. The highest BCUT2D eigenvalue weighted by Gasteiger charge is 2.01. The Balaban J connectivity index is 2.09. The molecule has 1 unspecified atom stereocenters. The zero-order valence-corrected chi connectivity index (χ0v) is 13.8. The first kappa shape index (κ1) is 17.3. The maximum Gasteiger partial charge on any atom is 0.191 e. The Morgan fingerprint density at radius 3 is 2.57 bits per heavy atom. The smallest absolute Gasteiger partial charge is 0.191 e. The van der Waals surface area contributed by atoms with Gasteiger partial charge in [-0.1, -0.05) is 24.6 Å². The van der Waals surface area contributed by atoms with Crippen molar-refractivity contribution in [3.63, 3.8) is 0 Å². The lowest BCUT2D eigenvalue weighted by atomic mass is 10.2. The Morgan fingerprint density at radius 2 is 1.95 bits per heavy atom. The third kappa shape index (κ3) is 7.59. The van der Waals surface area contributed by atoms with Gasteiger partial charge < -0.3 is 15.4 Å². The fraction of sp³-hybridized carbons (Fsp3) is 0.588.